The fraction of sp³-hybridized carbons (Fsp3) is 0.391. The van der Waals surface area contributed by atoms with E-state index in [0.29, 0.717) is 71.7 Å². The van der Waals surface area contributed by atoms with Crippen LogP contribution in [0.1, 0.15) is 118 Å². The van der Waals surface area contributed by atoms with E-state index >= 15 is 0 Å². The van der Waals surface area contributed by atoms with Crippen LogP contribution in [-0.2, 0) is 9.47 Å². The Hall–Kier alpha value is -5.72. The van der Waals surface area contributed by atoms with Crippen LogP contribution < -0.4 is 18.9 Å². The number of benzene rings is 4. The number of carbonyl (C=O) groups excluding carboxylic acids is 4. The number of carbonyl (C=O) groups is 4. The molecule has 12 nitrogen and oxygen atoms in total. The summed E-state index contributed by atoms with van der Waals surface area (Å²) in [6.07, 6.45) is 10.1. The highest BCUT2D eigenvalue weighted by Gasteiger charge is 2.13. The topological polar surface area (TPSA) is 164 Å². The van der Waals surface area contributed by atoms with Gasteiger partial charge < -0.3 is 38.6 Å². The fourth-order valence-electron chi connectivity index (χ4n) is 5.59. The number of hydrogen-bond donors (Lipinski definition) is 2. The summed E-state index contributed by atoms with van der Waals surface area (Å²) in [7, 11) is 0. The summed E-state index contributed by atoms with van der Waals surface area (Å²) >= 11 is 0. The zero-order valence-electron chi connectivity index (χ0n) is 32.9. The van der Waals surface area contributed by atoms with E-state index < -0.39 is 23.9 Å². The van der Waals surface area contributed by atoms with Gasteiger partial charge in [0.15, 0.2) is 0 Å². The van der Waals surface area contributed by atoms with Crippen LogP contribution in [0.3, 0.4) is 0 Å². The van der Waals surface area contributed by atoms with Gasteiger partial charge >= 0.3 is 23.9 Å². The van der Waals surface area contributed by atoms with Gasteiger partial charge in [0.2, 0.25) is 0 Å². The normalized spacial score (nSPS) is 10.7. The molecule has 0 radical (unpaired) electrons. The number of rotatable bonds is 27. The van der Waals surface area contributed by atoms with Crippen molar-refractivity contribution in [3.05, 3.63) is 119 Å². The molecule has 4 aromatic rings. The molecule has 58 heavy (non-hydrogen) atoms. The number of esters is 4. The fourth-order valence-corrected chi connectivity index (χ4v) is 5.59. The van der Waals surface area contributed by atoms with Gasteiger partial charge in [0.25, 0.3) is 0 Å². The number of aliphatic hydroxyl groups is 2. The van der Waals surface area contributed by atoms with Crippen LogP contribution in [0.4, 0.5) is 0 Å². The van der Waals surface area contributed by atoms with E-state index in [9.17, 15) is 19.2 Å². The molecule has 0 bridgehead atoms. The van der Waals surface area contributed by atoms with Crippen LogP contribution >= 0.6 is 0 Å². The molecule has 0 amide bonds. The lowest BCUT2D eigenvalue weighted by atomic mass is 10.2. The average molecular weight is 799 g/mol. The van der Waals surface area contributed by atoms with Crippen molar-refractivity contribution < 1.29 is 57.8 Å². The molecular formula is C46H54O12. The van der Waals surface area contributed by atoms with Crippen LogP contribution in [0.25, 0.3) is 0 Å². The first kappa shape index (κ1) is 45.0. The number of hydrogen-bond acceptors (Lipinski definition) is 12. The van der Waals surface area contributed by atoms with Crippen LogP contribution in [-0.4, -0.2) is 73.7 Å². The molecule has 0 fully saturated rings. The van der Waals surface area contributed by atoms with Crippen molar-refractivity contribution in [2.75, 3.05) is 39.6 Å². The van der Waals surface area contributed by atoms with Gasteiger partial charge in [-0.15, -0.1) is 0 Å². The van der Waals surface area contributed by atoms with E-state index in [1.54, 1.807) is 97.1 Å². The third-order valence-electron chi connectivity index (χ3n) is 8.93. The second kappa shape index (κ2) is 26.2. The van der Waals surface area contributed by atoms with E-state index in [1.165, 1.54) is 0 Å². The predicted octanol–water partition coefficient (Wildman–Crippen LogP) is 8.56. The number of unbranched alkanes of at least 4 members (excludes halogenated alkanes) is 9. The van der Waals surface area contributed by atoms with Crippen molar-refractivity contribution in [1.29, 1.82) is 0 Å². The van der Waals surface area contributed by atoms with Crippen LogP contribution in [0.2, 0.25) is 0 Å². The van der Waals surface area contributed by atoms with E-state index in [4.69, 9.17) is 38.6 Å². The maximum absolute atomic E-state index is 12.6. The molecule has 0 aliphatic heterocycles. The lowest BCUT2D eigenvalue weighted by molar-refractivity contribution is 0.0488. The first-order chi connectivity index (χ1) is 28.4. The zero-order valence-corrected chi connectivity index (χ0v) is 32.9. The Labute approximate surface area is 340 Å². The molecule has 0 saturated carbocycles. The first-order valence-electron chi connectivity index (χ1n) is 20.0. The van der Waals surface area contributed by atoms with Gasteiger partial charge in [0.05, 0.1) is 48.7 Å². The second-order valence-electron chi connectivity index (χ2n) is 13.5. The number of aliphatic hydroxyl groups excluding tert-OH is 2. The maximum Gasteiger partial charge on any atom is 0.343 e. The molecular weight excluding hydrogens is 744 g/mol. The molecule has 0 aliphatic rings. The Bertz CT molecular complexity index is 1670. The van der Waals surface area contributed by atoms with E-state index in [-0.39, 0.29) is 13.2 Å². The van der Waals surface area contributed by atoms with Gasteiger partial charge in [-0.1, -0.05) is 12.8 Å². The summed E-state index contributed by atoms with van der Waals surface area (Å²) < 4.78 is 33.1. The van der Waals surface area contributed by atoms with E-state index in [2.05, 4.69) is 0 Å². The van der Waals surface area contributed by atoms with Gasteiger partial charge in [0.1, 0.15) is 23.0 Å². The van der Waals surface area contributed by atoms with Gasteiger partial charge in [-0.05, 0) is 161 Å². The summed E-state index contributed by atoms with van der Waals surface area (Å²) in [6.45, 7) is 2.03. The van der Waals surface area contributed by atoms with Gasteiger partial charge in [-0.3, -0.25) is 0 Å². The van der Waals surface area contributed by atoms with Crippen molar-refractivity contribution in [2.45, 2.75) is 77.0 Å². The largest absolute Gasteiger partial charge is 0.494 e. The standard InChI is InChI=1S/C46H54O12/c47-29-7-1-3-11-33-55-43(49)35-17-25-41(26-18-35)57-45(51)37-13-21-39(22-14-37)53-31-9-5-6-10-32-54-40-23-15-38(16-24-40)46(52)58-42-27-19-36(20-28-42)44(50)56-34-12-4-2-8-30-48/h13-28,47-48H,1-12,29-34H2. The Kier molecular flexibility index (Phi) is 20.4. The van der Waals surface area contributed by atoms with E-state index in [0.717, 1.165) is 77.0 Å². The zero-order chi connectivity index (χ0) is 41.2. The average Bonchev–Trinajstić information content (AvgIpc) is 3.25. The second-order valence-corrected chi connectivity index (χ2v) is 13.5. The minimum atomic E-state index is -0.524. The quantitative estimate of drug-likeness (QED) is 0.0336. The monoisotopic (exact) mass is 798 g/mol. The van der Waals surface area contributed by atoms with Crippen molar-refractivity contribution in [3.63, 3.8) is 0 Å². The Morgan fingerprint density at radius 1 is 0.328 bits per heavy atom. The molecule has 0 aliphatic carbocycles. The highest BCUT2D eigenvalue weighted by atomic mass is 16.5. The van der Waals surface area contributed by atoms with Gasteiger partial charge in [0, 0.05) is 13.2 Å². The SMILES string of the molecule is O=C(OCCCCCCO)c1ccc(OC(=O)c2ccc(OCCCCCCOc3ccc(C(=O)Oc4ccc(C(=O)OCCCCCCO)cc4)cc3)cc2)cc1. The third-order valence-corrected chi connectivity index (χ3v) is 8.93. The first-order valence-corrected chi connectivity index (χ1v) is 20.0. The van der Waals surface area contributed by atoms with Crippen LogP contribution in [0, 0.1) is 0 Å². The summed E-state index contributed by atoms with van der Waals surface area (Å²) in [6, 6.07) is 25.9. The molecule has 0 saturated heterocycles. The van der Waals surface area contributed by atoms with Gasteiger partial charge in [-0.25, -0.2) is 19.2 Å². The van der Waals surface area contributed by atoms with Crippen molar-refractivity contribution in [3.8, 4) is 23.0 Å². The highest BCUT2D eigenvalue weighted by Crippen LogP contribution is 2.20. The summed E-state index contributed by atoms with van der Waals surface area (Å²) in [5.74, 6) is 0.00221. The minimum absolute atomic E-state index is 0.168. The lowest BCUT2D eigenvalue weighted by Gasteiger charge is -2.09. The van der Waals surface area contributed by atoms with Crippen molar-refractivity contribution in [1.82, 2.24) is 0 Å². The summed E-state index contributed by atoms with van der Waals surface area (Å²) in [5.41, 5.74) is 1.48. The molecule has 4 aromatic carbocycles. The van der Waals surface area contributed by atoms with Crippen LogP contribution in [0.5, 0.6) is 23.0 Å². The Balaban J connectivity index is 1.04. The number of ether oxygens (including phenoxy) is 6. The van der Waals surface area contributed by atoms with Crippen molar-refractivity contribution >= 4 is 23.9 Å². The molecule has 2 N–H and O–H groups in total. The van der Waals surface area contributed by atoms with E-state index in [1.807, 2.05) is 0 Å². The molecule has 0 spiro atoms. The molecule has 4 rings (SSSR count). The molecule has 0 aromatic heterocycles. The van der Waals surface area contributed by atoms with Crippen LogP contribution in [0.15, 0.2) is 97.1 Å². The predicted molar refractivity (Wildman–Crippen MR) is 217 cm³/mol. The molecule has 0 atom stereocenters. The molecule has 310 valence electrons. The molecule has 12 heteroatoms. The molecule has 0 heterocycles. The highest BCUT2D eigenvalue weighted by molar-refractivity contribution is 5.93. The lowest BCUT2D eigenvalue weighted by Crippen LogP contribution is -2.09. The smallest absolute Gasteiger partial charge is 0.343 e. The summed E-state index contributed by atoms with van der Waals surface area (Å²) in [4.78, 5) is 49.7. The van der Waals surface area contributed by atoms with Crippen molar-refractivity contribution in [2.24, 2.45) is 0 Å². The van der Waals surface area contributed by atoms with Gasteiger partial charge in [-0.2, -0.15) is 0 Å². The Morgan fingerprint density at radius 3 is 0.931 bits per heavy atom. The summed E-state index contributed by atoms with van der Waals surface area (Å²) in [5, 5.41) is 17.6. The Morgan fingerprint density at radius 2 is 0.603 bits per heavy atom. The third kappa shape index (κ3) is 16.8. The molecule has 0 unspecified atom stereocenters. The maximum atomic E-state index is 12.6. The minimum Gasteiger partial charge on any atom is -0.494 e.